The van der Waals surface area contributed by atoms with Crippen LogP contribution in [0, 0.1) is 0 Å². The largest absolute Gasteiger partial charge is 0.356 e. The Morgan fingerprint density at radius 1 is 1.29 bits per heavy atom. The number of hydrogen-bond donors (Lipinski definition) is 1. The molecule has 0 aromatic heterocycles. The highest BCUT2D eigenvalue weighted by Gasteiger charge is 2.32. The number of nitrogens with zero attached hydrogens (tertiary/aromatic N) is 1. The average Bonchev–Trinajstić information content (AvgIpc) is 2.60. The van der Waals surface area contributed by atoms with E-state index < -0.39 is 17.8 Å². The van der Waals surface area contributed by atoms with E-state index in [4.69, 9.17) is 0 Å². The summed E-state index contributed by atoms with van der Waals surface area (Å²) in [6.45, 7) is 1.82. The molecular formula is C10H14N2O5. The summed E-state index contributed by atoms with van der Waals surface area (Å²) in [6.07, 6.45) is 0.387. The minimum Gasteiger partial charge on any atom is -0.356 e. The van der Waals surface area contributed by atoms with Crippen LogP contribution in [0.1, 0.15) is 32.6 Å². The first-order valence-electron chi connectivity index (χ1n) is 5.38. The van der Waals surface area contributed by atoms with Crippen LogP contribution in [0.3, 0.4) is 0 Å². The van der Waals surface area contributed by atoms with Gasteiger partial charge in [-0.2, -0.15) is 0 Å². The van der Waals surface area contributed by atoms with Gasteiger partial charge in [0.15, 0.2) is 0 Å². The van der Waals surface area contributed by atoms with Crippen molar-refractivity contribution < 1.29 is 24.0 Å². The summed E-state index contributed by atoms with van der Waals surface area (Å²) < 4.78 is 0. The molecule has 17 heavy (non-hydrogen) atoms. The molecule has 3 amide bonds. The molecule has 0 radical (unpaired) electrons. The highest BCUT2D eigenvalue weighted by atomic mass is 16.7. The van der Waals surface area contributed by atoms with Gasteiger partial charge in [-0.3, -0.25) is 14.4 Å². The number of hydroxylamine groups is 2. The molecule has 0 saturated carbocycles. The number of carbonyl (C=O) groups is 4. The van der Waals surface area contributed by atoms with Gasteiger partial charge in [-0.1, -0.05) is 6.92 Å². The lowest BCUT2D eigenvalue weighted by Gasteiger charge is -2.12. The third kappa shape index (κ3) is 3.86. The molecule has 1 fully saturated rings. The Morgan fingerprint density at radius 2 is 1.88 bits per heavy atom. The normalized spacial score (nSPS) is 15.0. The Labute approximate surface area is 98.0 Å². The summed E-state index contributed by atoms with van der Waals surface area (Å²) in [7, 11) is 0. The average molecular weight is 242 g/mol. The zero-order valence-electron chi connectivity index (χ0n) is 9.52. The van der Waals surface area contributed by atoms with E-state index in [1.54, 1.807) is 6.92 Å². The highest BCUT2D eigenvalue weighted by Crippen LogP contribution is 2.12. The molecule has 0 unspecified atom stereocenters. The smallest absolute Gasteiger partial charge is 0.334 e. The molecule has 0 atom stereocenters. The van der Waals surface area contributed by atoms with E-state index in [1.807, 2.05) is 0 Å². The fraction of sp³-hybridized carbons (Fsp3) is 0.600. The van der Waals surface area contributed by atoms with Crippen LogP contribution >= 0.6 is 0 Å². The van der Waals surface area contributed by atoms with Gasteiger partial charge in [0.05, 0.1) is 6.42 Å². The van der Waals surface area contributed by atoms with Crippen LogP contribution in [0.5, 0.6) is 0 Å². The Kier molecular flexibility index (Phi) is 4.62. The summed E-state index contributed by atoms with van der Waals surface area (Å²) in [6, 6.07) is 0. The molecule has 1 aliphatic heterocycles. The first-order chi connectivity index (χ1) is 8.04. The second kappa shape index (κ2) is 5.97. The minimum absolute atomic E-state index is 0.0681. The molecule has 1 N–H and O–H groups in total. The second-order valence-corrected chi connectivity index (χ2v) is 3.50. The lowest BCUT2D eigenvalue weighted by atomic mass is 10.4. The van der Waals surface area contributed by atoms with Crippen molar-refractivity contribution >= 4 is 23.7 Å². The Hall–Kier alpha value is -1.92. The van der Waals surface area contributed by atoms with Crippen molar-refractivity contribution in [3.63, 3.8) is 0 Å². The van der Waals surface area contributed by atoms with Crippen LogP contribution in [0.15, 0.2) is 0 Å². The van der Waals surface area contributed by atoms with Crippen LogP contribution < -0.4 is 5.32 Å². The van der Waals surface area contributed by atoms with Crippen LogP contribution in [-0.2, 0) is 24.0 Å². The van der Waals surface area contributed by atoms with E-state index in [-0.39, 0.29) is 31.7 Å². The molecule has 0 bridgehead atoms. The summed E-state index contributed by atoms with van der Waals surface area (Å²) >= 11 is 0. The minimum atomic E-state index is -0.718. The fourth-order valence-corrected chi connectivity index (χ4v) is 1.23. The molecule has 94 valence electrons. The van der Waals surface area contributed by atoms with E-state index in [1.165, 1.54) is 0 Å². The van der Waals surface area contributed by atoms with Crippen molar-refractivity contribution in [1.82, 2.24) is 10.4 Å². The van der Waals surface area contributed by atoms with Gasteiger partial charge in [0.1, 0.15) is 0 Å². The Morgan fingerprint density at radius 3 is 2.41 bits per heavy atom. The predicted octanol–water partition coefficient (Wildman–Crippen LogP) is -0.490. The van der Waals surface area contributed by atoms with E-state index >= 15 is 0 Å². The van der Waals surface area contributed by atoms with Gasteiger partial charge in [0.2, 0.25) is 5.91 Å². The molecule has 0 aromatic carbocycles. The van der Waals surface area contributed by atoms with Crippen molar-refractivity contribution in [2.45, 2.75) is 32.6 Å². The van der Waals surface area contributed by atoms with Gasteiger partial charge >= 0.3 is 5.97 Å². The van der Waals surface area contributed by atoms with Crippen LogP contribution in [0.2, 0.25) is 0 Å². The summed E-state index contributed by atoms with van der Waals surface area (Å²) in [5, 5.41) is 2.97. The zero-order valence-corrected chi connectivity index (χ0v) is 9.52. The molecule has 7 heteroatoms. The predicted molar refractivity (Wildman–Crippen MR) is 55.1 cm³/mol. The maximum Gasteiger partial charge on any atom is 0.334 e. The number of imide groups is 1. The third-order valence-corrected chi connectivity index (χ3v) is 2.17. The molecule has 1 rings (SSSR count). The van der Waals surface area contributed by atoms with Crippen molar-refractivity contribution in [3.05, 3.63) is 0 Å². The summed E-state index contributed by atoms with van der Waals surface area (Å²) in [4.78, 5) is 48.9. The van der Waals surface area contributed by atoms with E-state index in [9.17, 15) is 19.2 Å². The number of carbonyl (C=O) groups excluding carboxylic acids is 4. The van der Waals surface area contributed by atoms with Crippen molar-refractivity contribution in [1.29, 1.82) is 0 Å². The third-order valence-electron chi connectivity index (χ3n) is 2.17. The van der Waals surface area contributed by atoms with Crippen LogP contribution in [0.4, 0.5) is 0 Å². The molecule has 1 heterocycles. The van der Waals surface area contributed by atoms with Gasteiger partial charge in [-0.05, 0) is 0 Å². The maximum atomic E-state index is 11.2. The van der Waals surface area contributed by atoms with Crippen LogP contribution in [-0.4, -0.2) is 35.3 Å². The molecule has 0 aromatic rings. The Bertz CT molecular complexity index is 337. The highest BCUT2D eigenvalue weighted by molar-refractivity contribution is 6.01. The van der Waals surface area contributed by atoms with Gasteiger partial charge in [-0.15, -0.1) is 5.06 Å². The van der Waals surface area contributed by atoms with Gasteiger partial charge in [-0.25, -0.2) is 4.79 Å². The van der Waals surface area contributed by atoms with Crippen molar-refractivity contribution in [2.24, 2.45) is 0 Å². The van der Waals surface area contributed by atoms with Gasteiger partial charge < -0.3 is 10.2 Å². The first-order valence-corrected chi connectivity index (χ1v) is 5.38. The van der Waals surface area contributed by atoms with E-state index in [0.29, 0.717) is 11.5 Å². The lowest BCUT2D eigenvalue weighted by molar-refractivity contribution is -0.197. The summed E-state index contributed by atoms with van der Waals surface area (Å²) in [5.41, 5.74) is 0. The van der Waals surface area contributed by atoms with E-state index in [0.717, 1.165) is 0 Å². The fourth-order valence-electron chi connectivity index (χ4n) is 1.23. The molecule has 1 aliphatic rings. The monoisotopic (exact) mass is 242 g/mol. The molecule has 0 aliphatic carbocycles. The molecule has 7 nitrogen and oxygen atoms in total. The standard InChI is InChI=1S/C10H14N2O5/c1-2-7(13)11-6-5-10(16)17-12-8(14)3-4-9(12)15/h2-6H2,1H3,(H,11,13). The van der Waals surface area contributed by atoms with Gasteiger partial charge in [0, 0.05) is 25.8 Å². The molecule has 0 spiro atoms. The number of hydrogen-bond acceptors (Lipinski definition) is 5. The maximum absolute atomic E-state index is 11.2. The number of nitrogens with one attached hydrogen (secondary N) is 1. The quantitative estimate of drug-likeness (QED) is 0.657. The molecule has 1 saturated heterocycles. The van der Waals surface area contributed by atoms with E-state index in [2.05, 4.69) is 10.2 Å². The first kappa shape index (κ1) is 13.1. The number of rotatable bonds is 5. The number of amides is 3. The van der Waals surface area contributed by atoms with Crippen molar-refractivity contribution in [2.75, 3.05) is 6.54 Å². The second-order valence-electron chi connectivity index (χ2n) is 3.50. The van der Waals surface area contributed by atoms with Gasteiger partial charge in [0.25, 0.3) is 11.8 Å². The van der Waals surface area contributed by atoms with Crippen LogP contribution in [0.25, 0.3) is 0 Å². The lowest BCUT2D eigenvalue weighted by Crippen LogP contribution is -2.33. The Balaban J connectivity index is 2.27. The molecular weight excluding hydrogens is 228 g/mol. The van der Waals surface area contributed by atoms with Crippen molar-refractivity contribution in [3.8, 4) is 0 Å². The zero-order chi connectivity index (χ0) is 12.8. The summed E-state index contributed by atoms with van der Waals surface area (Å²) in [5.74, 6) is -1.92. The SMILES string of the molecule is CCC(=O)NCCC(=O)ON1C(=O)CCC1=O. The topological polar surface area (TPSA) is 92.8 Å².